The lowest BCUT2D eigenvalue weighted by atomic mass is 10.3. The minimum atomic E-state index is 0.155. The average molecular weight is 225 g/mol. The van der Waals surface area contributed by atoms with Gasteiger partial charge in [0.05, 0.1) is 19.3 Å². The number of rotatable bonds is 5. The van der Waals surface area contributed by atoms with E-state index < -0.39 is 0 Å². The van der Waals surface area contributed by atoms with Gasteiger partial charge in [-0.1, -0.05) is 0 Å². The van der Waals surface area contributed by atoms with Crippen LogP contribution in [0.15, 0.2) is 17.4 Å². The van der Waals surface area contributed by atoms with E-state index in [1.165, 1.54) is 0 Å². The molecule has 6 heteroatoms. The molecule has 0 aromatic carbocycles. The van der Waals surface area contributed by atoms with E-state index >= 15 is 0 Å². The molecular weight excluding hydrogens is 206 g/mol. The Kier molecular flexibility index (Phi) is 4.78. The molecule has 0 amide bonds. The van der Waals surface area contributed by atoms with E-state index in [2.05, 4.69) is 15.4 Å². The number of aliphatic imine (C=N–C) groups is 1. The number of ether oxygens (including phenoxy) is 1. The molecule has 0 saturated heterocycles. The first-order valence-corrected chi connectivity index (χ1v) is 5.14. The van der Waals surface area contributed by atoms with Crippen molar-refractivity contribution in [1.29, 1.82) is 0 Å². The minimum Gasteiger partial charge on any atom is -0.383 e. The number of hydrogen-bond acceptors (Lipinski definition) is 3. The van der Waals surface area contributed by atoms with Gasteiger partial charge in [0.1, 0.15) is 0 Å². The van der Waals surface area contributed by atoms with Crippen molar-refractivity contribution < 1.29 is 4.74 Å². The van der Waals surface area contributed by atoms with Gasteiger partial charge >= 0.3 is 0 Å². The van der Waals surface area contributed by atoms with Gasteiger partial charge in [-0.25, -0.2) is 4.99 Å². The summed E-state index contributed by atoms with van der Waals surface area (Å²) in [5.74, 6) is 0.424. The van der Waals surface area contributed by atoms with Crippen molar-refractivity contribution in [2.75, 3.05) is 13.7 Å². The maximum absolute atomic E-state index is 5.72. The van der Waals surface area contributed by atoms with Crippen molar-refractivity contribution in [1.82, 2.24) is 15.1 Å². The normalized spacial score (nSPS) is 13.8. The fraction of sp³-hybridized carbons (Fsp3) is 0.600. The van der Waals surface area contributed by atoms with Crippen molar-refractivity contribution in [2.24, 2.45) is 17.8 Å². The molecule has 0 fully saturated rings. The highest BCUT2D eigenvalue weighted by Crippen LogP contribution is 1.97. The Hall–Kier alpha value is -1.56. The fourth-order valence-corrected chi connectivity index (χ4v) is 1.32. The van der Waals surface area contributed by atoms with E-state index in [9.17, 15) is 0 Å². The largest absolute Gasteiger partial charge is 0.383 e. The van der Waals surface area contributed by atoms with Gasteiger partial charge < -0.3 is 15.8 Å². The van der Waals surface area contributed by atoms with Crippen LogP contribution in [0, 0.1) is 0 Å². The Morgan fingerprint density at radius 2 is 2.50 bits per heavy atom. The number of guanidine groups is 1. The third-order valence-corrected chi connectivity index (χ3v) is 2.00. The van der Waals surface area contributed by atoms with Gasteiger partial charge in [-0.2, -0.15) is 5.10 Å². The zero-order valence-electron chi connectivity index (χ0n) is 9.97. The summed E-state index contributed by atoms with van der Waals surface area (Å²) in [6.45, 7) is 3.12. The molecule has 1 atom stereocenters. The topological polar surface area (TPSA) is 77.5 Å². The summed E-state index contributed by atoms with van der Waals surface area (Å²) in [6.07, 6.45) is 3.69. The Morgan fingerprint density at radius 1 is 1.75 bits per heavy atom. The molecule has 0 radical (unpaired) electrons. The predicted octanol–water partition coefficient (Wildman–Crippen LogP) is -0.141. The van der Waals surface area contributed by atoms with E-state index in [4.69, 9.17) is 10.5 Å². The summed E-state index contributed by atoms with van der Waals surface area (Å²) in [7, 11) is 3.52. The second-order valence-corrected chi connectivity index (χ2v) is 3.72. The summed E-state index contributed by atoms with van der Waals surface area (Å²) in [4.78, 5) is 4.20. The number of nitrogens with two attached hydrogens (primary N) is 1. The quantitative estimate of drug-likeness (QED) is 0.540. The molecule has 0 aliphatic carbocycles. The first kappa shape index (κ1) is 12.5. The van der Waals surface area contributed by atoms with Crippen LogP contribution in [0.1, 0.15) is 12.5 Å². The second-order valence-electron chi connectivity index (χ2n) is 3.72. The molecule has 6 nitrogen and oxygen atoms in total. The molecule has 0 aliphatic rings. The minimum absolute atomic E-state index is 0.155. The lowest BCUT2D eigenvalue weighted by Gasteiger charge is -2.12. The lowest BCUT2D eigenvalue weighted by Crippen LogP contribution is -2.40. The molecular formula is C10H19N5O. The first-order valence-electron chi connectivity index (χ1n) is 5.14. The van der Waals surface area contributed by atoms with Crippen LogP contribution in [0.25, 0.3) is 0 Å². The highest BCUT2D eigenvalue weighted by atomic mass is 16.5. The molecule has 0 spiro atoms. The molecule has 1 heterocycles. The maximum Gasteiger partial charge on any atom is 0.189 e. The van der Waals surface area contributed by atoms with E-state index in [1.807, 2.05) is 20.2 Å². The Bertz CT molecular complexity index is 347. The van der Waals surface area contributed by atoms with Crippen molar-refractivity contribution in [3.05, 3.63) is 18.0 Å². The predicted molar refractivity (Wildman–Crippen MR) is 63.0 cm³/mol. The molecule has 0 saturated carbocycles. The molecule has 1 unspecified atom stereocenters. The van der Waals surface area contributed by atoms with Crippen molar-refractivity contribution >= 4 is 5.96 Å². The summed E-state index contributed by atoms with van der Waals surface area (Å²) >= 11 is 0. The molecule has 1 aromatic rings. The zero-order chi connectivity index (χ0) is 12.0. The van der Waals surface area contributed by atoms with Crippen LogP contribution in [0.3, 0.4) is 0 Å². The van der Waals surface area contributed by atoms with E-state index in [1.54, 1.807) is 18.0 Å². The number of aromatic nitrogens is 2. The molecule has 90 valence electrons. The molecule has 16 heavy (non-hydrogen) atoms. The highest BCUT2D eigenvalue weighted by Gasteiger charge is 2.01. The zero-order valence-corrected chi connectivity index (χ0v) is 9.97. The van der Waals surface area contributed by atoms with Crippen LogP contribution >= 0.6 is 0 Å². The Labute approximate surface area is 95.5 Å². The number of hydrogen-bond donors (Lipinski definition) is 2. The van der Waals surface area contributed by atoms with Crippen LogP contribution in [0.5, 0.6) is 0 Å². The highest BCUT2D eigenvalue weighted by molar-refractivity contribution is 5.78. The van der Waals surface area contributed by atoms with Gasteiger partial charge in [0.15, 0.2) is 5.96 Å². The van der Waals surface area contributed by atoms with Crippen LogP contribution in [-0.4, -0.2) is 35.5 Å². The average Bonchev–Trinajstić information content (AvgIpc) is 2.61. The summed E-state index contributed by atoms with van der Waals surface area (Å²) in [5, 5.41) is 7.08. The van der Waals surface area contributed by atoms with Crippen molar-refractivity contribution in [3.63, 3.8) is 0 Å². The van der Waals surface area contributed by atoms with Gasteiger partial charge in [0, 0.05) is 32.0 Å². The maximum atomic E-state index is 5.72. The number of methoxy groups -OCH3 is 1. The summed E-state index contributed by atoms with van der Waals surface area (Å²) in [5.41, 5.74) is 6.75. The van der Waals surface area contributed by atoms with Gasteiger partial charge in [-0.3, -0.25) is 4.68 Å². The summed E-state index contributed by atoms with van der Waals surface area (Å²) < 4.78 is 6.72. The lowest BCUT2D eigenvalue weighted by molar-refractivity contribution is 0.179. The first-order chi connectivity index (χ1) is 7.61. The molecule has 1 rings (SSSR count). The van der Waals surface area contributed by atoms with E-state index in [0.717, 1.165) is 5.56 Å². The Balaban J connectivity index is 2.39. The fourth-order valence-electron chi connectivity index (χ4n) is 1.32. The smallest absolute Gasteiger partial charge is 0.189 e. The number of nitrogens with zero attached hydrogens (tertiary/aromatic N) is 3. The SMILES string of the molecule is COCC(C)NC(N)=NCc1cnn(C)c1. The molecule has 3 N–H and O–H groups in total. The van der Waals surface area contributed by atoms with Crippen LogP contribution in [-0.2, 0) is 18.3 Å². The van der Waals surface area contributed by atoms with Gasteiger partial charge in [-0.15, -0.1) is 0 Å². The Morgan fingerprint density at radius 3 is 3.06 bits per heavy atom. The van der Waals surface area contributed by atoms with Crippen LogP contribution in [0.4, 0.5) is 0 Å². The monoisotopic (exact) mass is 225 g/mol. The summed E-state index contributed by atoms with van der Waals surface area (Å²) in [6, 6.07) is 0.155. The third-order valence-electron chi connectivity index (χ3n) is 2.00. The molecule has 0 bridgehead atoms. The van der Waals surface area contributed by atoms with Crippen LogP contribution in [0.2, 0.25) is 0 Å². The molecule has 0 aliphatic heterocycles. The van der Waals surface area contributed by atoms with Gasteiger partial charge in [0.25, 0.3) is 0 Å². The van der Waals surface area contributed by atoms with Crippen molar-refractivity contribution in [3.8, 4) is 0 Å². The number of aryl methyl sites for hydroxylation is 1. The van der Waals surface area contributed by atoms with Crippen molar-refractivity contribution in [2.45, 2.75) is 19.5 Å². The van der Waals surface area contributed by atoms with E-state index in [0.29, 0.717) is 19.1 Å². The van der Waals surface area contributed by atoms with Crippen LogP contribution < -0.4 is 11.1 Å². The van der Waals surface area contributed by atoms with E-state index in [-0.39, 0.29) is 6.04 Å². The third kappa shape index (κ3) is 4.31. The number of nitrogens with one attached hydrogen (secondary N) is 1. The van der Waals surface area contributed by atoms with Gasteiger partial charge in [0.2, 0.25) is 0 Å². The molecule has 1 aromatic heterocycles. The van der Waals surface area contributed by atoms with Gasteiger partial charge in [-0.05, 0) is 6.92 Å². The standard InChI is InChI=1S/C10H19N5O/c1-8(7-16-3)14-10(11)12-4-9-5-13-15(2)6-9/h5-6,8H,4,7H2,1-3H3,(H3,11,12,14). The second kappa shape index (κ2) is 6.12.